The van der Waals surface area contributed by atoms with E-state index in [2.05, 4.69) is 0 Å². The van der Waals surface area contributed by atoms with Gasteiger partial charge in [0.25, 0.3) is 0 Å². The minimum absolute atomic E-state index is 0.0431. The molecule has 5 unspecified atom stereocenters. The van der Waals surface area contributed by atoms with E-state index in [0.717, 1.165) is 30.3 Å². The molecule has 0 radical (unpaired) electrons. The van der Waals surface area contributed by atoms with Crippen LogP contribution in [0.5, 0.6) is 28.7 Å². The molecule has 33 heavy (non-hydrogen) atoms. The van der Waals surface area contributed by atoms with Crippen molar-refractivity contribution in [1.29, 1.82) is 0 Å². The van der Waals surface area contributed by atoms with Gasteiger partial charge >= 0.3 is 0 Å². The van der Waals surface area contributed by atoms with Crippen molar-refractivity contribution in [3.05, 3.63) is 40.6 Å². The van der Waals surface area contributed by atoms with Crippen LogP contribution in [0.1, 0.15) is 0 Å². The maximum atomic E-state index is 12.9. The molecule has 1 aliphatic rings. The van der Waals surface area contributed by atoms with Crippen molar-refractivity contribution >= 4 is 11.0 Å². The van der Waals surface area contributed by atoms with E-state index in [1.165, 1.54) is 0 Å². The van der Waals surface area contributed by atoms with E-state index in [1.807, 2.05) is 0 Å². The Bertz CT molecular complexity index is 1230. The second kappa shape index (κ2) is 8.42. The molecule has 1 aliphatic heterocycles. The second-order valence-corrected chi connectivity index (χ2v) is 7.47. The van der Waals surface area contributed by atoms with Crippen molar-refractivity contribution < 1.29 is 54.7 Å². The molecule has 0 bridgehead atoms. The SMILES string of the molecule is O=c1cc(-c2cc(O)c(O)c(O)c2)oc2cc(O)cc(OC3OC(CO)C(O)C(O)C3O)c12. The van der Waals surface area contributed by atoms with Crippen LogP contribution in [0.15, 0.2) is 39.5 Å². The number of hydrogen-bond acceptors (Lipinski definition) is 12. The Kier molecular flexibility index (Phi) is 5.78. The highest BCUT2D eigenvalue weighted by Gasteiger charge is 2.45. The Hall–Kier alpha value is -3.55. The summed E-state index contributed by atoms with van der Waals surface area (Å²) in [5, 5.41) is 78.2. The summed E-state index contributed by atoms with van der Waals surface area (Å²) in [4.78, 5) is 12.9. The summed E-state index contributed by atoms with van der Waals surface area (Å²) in [6, 6.07) is 5.24. The van der Waals surface area contributed by atoms with Crippen molar-refractivity contribution in [2.24, 2.45) is 0 Å². The van der Waals surface area contributed by atoms with E-state index in [9.17, 15) is 45.6 Å². The van der Waals surface area contributed by atoms with Gasteiger partial charge in [-0.25, -0.2) is 0 Å². The molecule has 3 aromatic rings. The average molecular weight is 464 g/mol. The second-order valence-electron chi connectivity index (χ2n) is 7.47. The van der Waals surface area contributed by atoms with Gasteiger partial charge in [0.2, 0.25) is 6.29 Å². The van der Waals surface area contributed by atoms with Gasteiger partial charge in [0, 0.05) is 23.8 Å². The Morgan fingerprint density at radius 2 is 1.55 bits per heavy atom. The highest BCUT2D eigenvalue weighted by atomic mass is 16.7. The Morgan fingerprint density at radius 3 is 2.18 bits per heavy atom. The Balaban J connectivity index is 1.77. The number of fused-ring (bicyclic) bond motifs is 1. The Labute approximate surface area is 184 Å². The van der Waals surface area contributed by atoms with Crippen LogP contribution in [0.25, 0.3) is 22.3 Å². The van der Waals surface area contributed by atoms with Crippen molar-refractivity contribution in [1.82, 2.24) is 0 Å². The Morgan fingerprint density at radius 1 is 0.879 bits per heavy atom. The van der Waals surface area contributed by atoms with Gasteiger partial charge in [0.15, 0.2) is 22.7 Å². The van der Waals surface area contributed by atoms with Gasteiger partial charge in [-0.15, -0.1) is 0 Å². The topological polar surface area (TPSA) is 211 Å². The standard InChI is InChI=1S/C21H20O12/c22-6-15-18(28)19(29)20(30)21(33-15)32-14-4-8(23)3-13-16(14)9(24)5-12(31-13)7-1-10(25)17(27)11(26)2-7/h1-5,15,18-23,25-30H,6H2. The van der Waals surface area contributed by atoms with Crippen LogP contribution in [-0.4, -0.2) is 78.2 Å². The minimum atomic E-state index is -1.76. The summed E-state index contributed by atoms with van der Waals surface area (Å²) in [5.41, 5.74) is -0.816. The van der Waals surface area contributed by atoms with Crippen LogP contribution in [0, 0.1) is 0 Å². The summed E-state index contributed by atoms with van der Waals surface area (Å²) < 4.78 is 16.4. The maximum Gasteiger partial charge on any atom is 0.229 e. The first kappa shape index (κ1) is 22.6. The van der Waals surface area contributed by atoms with Crippen LogP contribution >= 0.6 is 0 Å². The molecular weight excluding hydrogens is 444 g/mol. The smallest absolute Gasteiger partial charge is 0.229 e. The zero-order valence-corrected chi connectivity index (χ0v) is 16.7. The third-order valence-corrected chi connectivity index (χ3v) is 5.23. The summed E-state index contributed by atoms with van der Waals surface area (Å²) in [7, 11) is 0. The molecule has 1 fully saturated rings. The fourth-order valence-corrected chi connectivity index (χ4v) is 3.51. The number of ether oxygens (including phenoxy) is 2. The van der Waals surface area contributed by atoms with Crippen LogP contribution in [-0.2, 0) is 4.74 Å². The van der Waals surface area contributed by atoms with Crippen LogP contribution in [0.4, 0.5) is 0 Å². The number of aromatic hydroxyl groups is 4. The van der Waals surface area contributed by atoms with Gasteiger partial charge in [-0.05, 0) is 12.1 Å². The molecule has 1 saturated heterocycles. The van der Waals surface area contributed by atoms with E-state index >= 15 is 0 Å². The molecule has 12 heteroatoms. The zero-order chi connectivity index (χ0) is 24.0. The average Bonchev–Trinajstić information content (AvgIpc) is 2.76. The van der Waals surface area contributed by atoms with Crippen LogP contribution < -0.4 is 10.2 Å². The lowest BCUT2D eigenvalue weighted by Crippen LogP contribution is -2.60. The predicted molar refractivity (Wildman–Crippen MR) is 109 cm³/mol. The molecule has 0 amide bonds. The van der Waals surface area contributed by atoms with Gasteiger partial charge in [-0.3, -0.25) is 4.79 Å². The zero-order valence-electron chi connectivity index (χ0n) is 16.7. The highest BCUT2D eigenvalue weighted by Crippen LogP contribution is 2.40. The lowest BCUT2D eigenvalue weighted by atomic mass is 9.99. The first-order chi connectivity index (χ1) is 15.6. The van der Waals surface area contributed by atoms with Crippen LogP contribution in [0.3, 0.4) is 0 Å². The van der Waals surface area contributed by atoms with Crippen molar-refractivity contribution in [3.63, 3.8) is 0 Å². The minimum Gasteiger partial charge on any atom is -0.508 e. The molecular formula is C21H20O12. The number of aliphatic hydroxyl groups excluding tert-OH is 4. The molecule has 2 heterocycles. The number of phenolic OH excluding ortho intramolecular Hbond substituents is 4. The molecule has 4 rings (SSSR count). The summed E-state index contributed by atoms with van der Waals surface area (Å²) in [6.07, 6.45) is -7.96. The first-order valence-corrected chi connectivity index (χ1v) is 9.64. The molecule has 2 aromatic carbocycles. The molecule has 8 N–H and O–H groups in total. The third-order valence-electron chi connectivity index (χ3n) is 5.23. The lowest BCUT2D eigenvalue weighted by molar-refractivity contribution is -0.277. The van der Waals surface area contributed by atoms with Crippen molar-refractivity contribution in [2.75, 3.05) is 6.61 Å². The molecule has 0 saturated carbocycles. The molecule has 0 spiro atoms. The number of rotatable bonds is 4. The van der Waals surface area contributed by atoms with E-state index < -0.39 is 65.7 Å². The highest BCUT2D eigenvalue weighted by molar-refractivity contribution is 5.86. The van der Waals surface area contributed by atoms with E-state index in [4.69, 9.17) is 13.9 Å². The molecule has 1 aromatic heterocycles. The normalized spacial score (nSPS) is 25.3. The van der Waals surface area contributed by atoms with E-state index in [0.29, 0.717) is 0 Å². The predicted octanol–water partition coefficient (Wildman–Crippen LogP) is -0.539. The molecule has 0 aliphatic carbocycles. The van der Waals surface area contributed by atoms with Crippen LogP contribution in [0.2, 0.25) is 0 Å². The first-order valence-electron chi connectivity index (χ1n) is 9.64. The summed E-state index contributed by atoms with van der Waals surface area (Å²) in [5.74, 6) is -2.88. The number of phenols is 4. The van der Waals surface area contributed by atoms with Gasteiger partial charge in [0.05, 0.1) is 6.61 Å². The maximum absolute atomic E-state index is 12.9. The molecule has 5 atom stereocenters. The summed E-state index contributed by atoms with van der Waals surface area (Å²) in [6.45, 7) is -0.691. The van der Waals surface area contributed by atoms with Crippen molar-refractivity contribution in [3.8, 4) is 40.1 Å². The fourth-order valence-electron chi connectivity index (χ4n) is 3.51. The van der Waals surface area contributed by atoms with Crippen molar-refractivity contribution in [2.45, 2.75) is 30.7 Å². The monoisotopic (exact) mass is 464 g/mol. The number of hydrogen-bond donors (Lipinski definition) is 8. The summed E-state index contributed by atoms with van der Waals surface area (Å²) >= 11 is 0. The van der Waals surface area contributed by atoms with Gasteiger partial charge in [-0.1, -0.05) is 0 Å². The number of aliphatic hydroxyl groups is 4. The van der Waals surface area contributed by atoms with Gasteiger partial charge in [0.1, 0.15) is 52.6 Å². The lowest BCUT2D eigenvalue weighted by Gasteiger charge is -2.39. The molecule has 176 valence electrons. The third kappa shape index (κ3) is 4.01. The van der Waals surface area contributed by atoms with Gasteiger partial charge < -0.3 is 54.7 Å². The number of benzene rings is 2. The fraction of sp³-hybridized carbons (Fsp3) is 0.286. The van der Waals surface area contributed by atoms with E-state index in [-0.39, 0.29) is 28.0 Å². The molecule has 12 nitrogen and oxygen atoms in total. The van der Waals surface area contributed by atoms with E-state index in [1.54, 1.807) is 0 Å². The quantitative estimate of drug-likeness (QED) is 0.229. The largest absolute Gasteiger partial charge is 0.508 e. The van der Waals surface area contributed by atoms with Gasteiger partial charge in [-0.2, -0.15) is 0 Å².